The number of carbonyl (C=O) groups excluding carboxylic acids is 1. The molecule has 27 heavy (non-hydrogen) atoms. The minimum Gasteiger partial charge on any atom is -0.399 e. The molecule has 1 aliphatic heterocycles. The summed E-state index contributed by atoms with van der Waals surface area (Å²) in [6.07, 6.45) is 0.801. The maximum atomic E-state index is 12.1. The van der Waals surface area contributed by atoms with Gasteiger partial charge in [0.1, 0.15) is 0 Å². The van der Waals surface area contributed by atoms with Crippen molar-refractivity contribution < 1.29 is 4.79 Å². The quantitative estimate of drug-likeness (QED) is 0.691. The van der Waals surface area contributed by atoms with Crippen LogP contribution in [0.15, 0.2) is 41.3 Å². The average Bonchev–Trinajstić information content (AvgIpc) is 2.96. The summed E-state index contributed by atoms with van der Waals surface area (Å²) in [7, 11) is 2.01. The van der Waals surface area contributed by atoms with Gasteiger partial charge in [0.25, 0.3) is 5.91 Å². The summed E-state index contributed by atoms with van der Waals surface area (Å²) in [5.41, 5.74) is 24.6. The first-order chi connectivity index (χ1) is 12.8. The van der Waals surface area contributed by atoms with E-state index >= 15 is 0 Å². The smallest absolute Gasteiger partial charge is 0.257 e. The van der Waals surface area contributed by atoms with Gasteiger partial charge in [0.05, 0.1) is 16.0 Å². The van der Waals surface area contributed by atoms with Crippen LogP contribution < -0.4 is 17.2 Å². The van der Waals surface area contributed by atoms with Crippen LogP contribution in [-0.2, 0) is 17.8 Å². The highest BCUT2D eigenvalue weighted by Crippen LogP contribution is 2.43. The summed E-state index contributed by atoms with van der Waals surface area (Å²) in [4.78, 5) is 14.8. The fraction of sp³-hybridized carbons (Fsp3) is 0.286. The zero-order chi connectivity index (χ0) is 19.7. The van der Waals surface area contributed by atoms with Crippen LogP contribution in [0.4, 0.5) is 5.69 Å². The minimum atomic E-state index is -0.391. The number of nitrogens with zero attached hydrogens (tertiary/aromatic N) is 1. The Labute approximate surface area is 164 Å². The second-order valence-corrected chi connectivity index (χ2v) is 8.15. The number of primary amides is 1. The van der Waals surface area contributed by atoms with E-state index in [1.54, 1.807) is 0 Å². The summed E-state index contributed by atoms with van der Waals surface area (Å²) >= 11 is 1.53. The van der Waals surface area contributed by atoms with E-state index in [4.69, 9.17) is 17.2 Å². The monoisotopic (exact) mass is 382 g/mol. The highest BCUT2D eigenvalue weighted by molar-refractivity contribution is 8.05. The van der Waals surface area contributed by atoms with Gasteiger partial charge in [0.2, 0.25) is 0 Å². The fourth-order valence-corrected chi connectivity index (χ4v) is 4.66. The van der Waals surface area contributed by atoms with Gasteiger partial charge in [-0.2, -0.15) is 0 Å². The van der Waals surface area contributed by atoms with E-state index in [0.29, 0.717) is 11.4 Å². The summed E-state index contributed by atoms with van der Waals surface area (Å²) in [5.74, 6) is -0.391. The lowest BCUT2D eigenvalue weighted by Gasteiger charge is -2.25. The molecule has 0 fully saturated rings. The molecule has 1 heterocycles. The highest BCUT2D eigenvalue weighted by atomic mass is 32.2. The summed E-state index contributed by atoms with van der Waals surface area (Å²) in [5, 5.41) is 0.0957. The van der Waals surface area contributed by atoms with Gasteiger partial charge in [-0.05, 0) is 47.7 Å². The molecule has 2 aromatic carbocycles. The number of likely N-dealkylation sites (N-methyl/N-ethyl adjacent to an activating group) is 1. The lowest BCUT2D eigenvalue weighted by atomic mass is 10.0. The van der Waals surface area contributed by atoms with Crippen molar-refractivity contribution >= 4 is 29.1 Å². The van der Waals surface area contributed by atoms with Gasteiger partial charge in [0.15, 0.2) is 0 Å². The summed E-state index contributed by atoms with van der Waals surface area (Å²) < 4.78 is 0. The zero-order valence-electron chi connectivity index (χ0n) is 16.0. The normalized spacial score (nSPS) is 16.9. The van der Waals surface area contributed by atoms with Crippen LogP contribution >= 0.6 is 11.8 Å². The first-order valence-corrected chi connectivity index (χ1v) is 9.78. The Kier molecular flexibility index (Phi) is 5.48. The number of aryl methyl sites for hydroxylation is 2. The van der Waals surface area contributed by atoms with Crippen LogP contribution in [0, 0.1) is 13.8 Å². The third kappa shape index (κ3) is 3.82. The topological polar surface area (TPSA) is 98.4 Å². The molecular weight excluding hydrogens is 356 g/mol. The lowest BCUT2D eigenvalue weighted by Crippen LogP contribution is -2.25. The summed E-state index contributed by atoms with van der Waals surface area (Å²) in [6, 6.07) is 12.1. The fourth-order valence-electron chi connectivity index (χ4n) is 3.37. The number of amides is 1. The molecule has 0 aromatic heterocycles. The predicted octanol–water partition coefficient (Wildman–Crippen LogP) is 2.75. The largest absolute Gasteiger partial charge is 0.399 e. The van der Waals surface area contributed by atoms with Crippen molar-refractivity contribution in [2.75, 3.05) is 12.8 Å². The van der Waals surface area contributed by atoms with Crippen molar-refractivity contribution in [2.45, 2.75) is 32.2 Å². The molecule has 2 aromatic rings. The number of rotatable bonds is 5. The minimum absolute atomic E-state index is 0.0957. The third-order valence-corrected chi connectivity index (χ3v) is 6.44. The molecular formula is C21H26N4OS. The van der Waals surface area contributed by atoms with Gasteiger partial charge < -0.3 is 22.1 Å². The SMILES string of the molecule is Cc1cc(CC2SC(C(N)=O)=C(c3ccc(CN)cc3)N2C)c(C)cc1N. The van der Waals surface area contributed by atoms with Crippen LogP contribution in [0.25, 0.3) is 5.70 Å². The Balaban J connectivity index is 1.91. The molecule has 0 spiro atoms. The van der Waals surface area contributed by atoms with E-state index in [0.717, 1.165) is 40.1 Å². The molecule has 3 rings (SSSR count). The van der Waals surface area contributed by atoms with E-state index in [9.17, 15) is 4.79 Å². The number of carbonyl (C=O) groups is 1. The molecule has 142 valence electrons. The number of anilines is 1. The molecule has 6 heteroatoms. The molecule has 0 saturated carbocycles. The molecule has 6 N–H and O–H groups in total. The maximum absolute atomic E-state index is 12.1. The zero-order valence-corrected chi connectivity index (χ0v) is 16.8. The first-order valence-electron chi connectivity index (χ1n) is 8.90. The highest BCUT2D eigenvalue weighted by Gasteiger charge is 2.33. The van der Waals surface area contributed by atoms with Gasteiger partial charge in [0, 0.05) is 25.7 Å². The van der Waals surface area contributed by atoms with Gasteiger partial charge in [-0.25, -0.2) is 0 Å². The maximum Gasteiger partial charge on any atom is 0.257 e. The molecule has 0 aliphatic carbocycles. The molecule has 0 radical (unpaired) electrons. The van der Waals surface area contributed by atoms with Crippen molar-refractivity contribution in [2.24, 2.45) is 11.5 Å². The predicted molar refractivity (Wildman–Crippen MR) is 114 cm³/mol. The number of benzene rings is 2. The average molecular weight is 383 g/mol. The number of thioether (sulfide) groups is 1. The van der Waals surface area contributed by atoms with Gasteiger partial charge in [-0.1, -0.05) is 42.1 Å². The van der Waals surface area contributed by atoms with Crippen LogP contribution in [0.1, 0.15) is 27.8 Å². The second-order valence-electron chi connectivity index (χ2n) is 6.97. The molecule has 5 nitrogen and oxygen atoms in total. The molecule has 0 saturated heterocycles. The Morgan fingerprint density at radius 2 is 1.81 bits per heavy atom. The molecule has 1 amide bonds. The molecule has 0 bridgehead atoms. The lowest BCUT2D eigenvalue weighted by molar-refractivity contribution is -0.113. The van der Waals surface area contributed by atoms with E-state index < -0.39 is 5.91 Å². The van der Waals surface area contributed by atoms with E-state index in [1.165, 1.54) is 17.3 Å². The van der Waals surface area contributed by atoms with Crippen LogP contribution in [0.3, 0.4) is 0 Å². The van der Waals surface area contributed by atoms with E-state index in [2.05, 4.69) is 17.9 Å². The standard InChI is InChI=1S/C21H26N4OS/c1-12-9-17(23)13(2)8-16(12)10-18-25(3)19(20(27-18)21(24)26)15-6-4-14(11-22)5-7-15/h4-9,18H,10-11,22-23H2,1-3H3,(H2,24,26). The number of hydrogen-bond acceptors (Lipinski definition) is 5. The van der Waals surface area contributed by atoms with Crippen molar-refractivity contribution in [3.8, 4) is 0 Å². The number of nitrogens with two attached hydrogens (primary N) is 3. The number of nitrogen functional groups attached to an aromatic ring is 1. The van der Waals surface area contributed by atoms with E-state index in [-0.39, 0.29) is 5.37 Å². The Morgan fingerprint density at radius 1 is 1.15 bits per heavy atom. The van der Waals surface area contributed by atoms with Crippen LogP contribution in [0.2, 0.25) is 0 Å². The van der Waals surface area contributed by atoms with Gasteiger partial charge in [-0.15, -0.1) is 0 Å². The molecule has 1 unspecified atom stereocenters. The van der Waals surface area contributed by atoms with Crippen molar-refractivity contribution in [1.29, 1.82) is 0 Å². The summed E-state index contributed by atoms with van der Waals surface area (Å²) in [6.45, 7) is 4.58. The van der Waals surface area contributed by atoms with Gasteiger partial charge >= 0.3 is 0 Å². The molecule has 1 aliphatic rings. The number of hydrogen-bond donors (Lipinski definition) is 3. The van der Waals surface area contributed by atoms with E-state index in [1.807, 2.05) is 44.3 Å². The van der Waals surface area contributed by atoms with Crippen molar-refractivity contribution in [3.63, 3.8) is 0 Å². The Hall–Kier alpha value is -2.44. The van der Waals surface area contributed by atoms with Crippen molar-refractivity contribution in [1.82, 2.24) is 4.90 Å². The Bertz CT molecular complexity index is 905. The van der Waals surface area contributed by atoms with Crippen LogP contribution in [0.5, 0.6) is 0 Å². The Morgan fingerprint density at radius 3 is 2.41 bits per heavy atom. The van der Waals surface area contributed by atoms with Crippen LogP contribution in [-0.4, -0.2) is 23.2 Å². The first kappa shape index (κ1) is 19.3. The second kappa shape index (κ2) is 7.66. The third-order valence-electron chi connectivity index (χ3n) is 5.06. The van der Waals surface area contributed by atoms with Crippen molar-refractivity contribution in [3.05, 3.63) is 69.1 Å². The molecule has 1 atom stereocenters. The van der Waals surface area contributed by atoms with Gasteiger partial charge in [-0.3, -0.25) is 4.79 Å².